The van der Waals surface area contributed by atoms with Crippen LogP contribution in [0, 0.1) is 0 Å². The Labute approximate surface area is 199 Å². The molecule has 0 heterocycles. The van der Waals surface area contributed by atoms with Gasteiger partial charge in [-0.25, -0.2) is 13.2 Å². The molecule has 0 saturated carbocycles. The molecule has 0 fully saturated rings. The molecule has 1 atom stereocenters. The van der Waals surface area contributed by atoms with E-state index < -0.39 is 16.0 Å². The van der Waals surface area contributed by atoms with Crippen molar-refractivity contribution in [2.24, 2.45) is 0 Å². The summed E-state index contributed by atoms with van der Waals surface area (Å²) in [6.45, 7) is 4.04. The quantitative estimate of drug-likeness (QED) is 0.310. The molecule has 0 aliphatic heterocycles. The SMILES string of the molecule is CCCC(Nc1cc(Cl)c(S(=O)(=O)Nc2ccc(CC)cc2)cc1C(=O)O)c1ccccc1. The van der Waals surface area contributed by atoms with E-state index in [9.17, 15) is 18.3 Å². The fraction of sp³-hybridized carbons (Fsp3) is 0.240. The summed E-state index contributed by atoms with van der Waals surface area (Å²) < 4.78 is 28.5. The lowest BCUT2D eigenvalue weighted by Gasteiger charge is -2.22. The Morgan fingerprint density at radius 3 is 2.27 bits per heavy atom. The van der Waals surface area contributed by atoms with Gasteiger partial charge in [-0.1, -0.05) is 74.3 Å². The number of aryl methyl sites for hydroxylation is 1. The number of sulfonamides is 1. The maximum Gasteiger partial charge on any atom is 0.337 e. The molecule has 0 spiro atoms. The Kier molecular flexibility index (Phi) is 8.00. The summed E-state index contributed by atoms with van der Waals surface area (Å²) in [6, 6.07) is 19.0. The smallest absolute Gasteiger partial charge is 0.337 e. The molecule has 0 radical (unpaired) electrons. The maximum absolute atomic E-state index is 13.0. The highest BCUT2D eigenvalue weighted by molar-refractivity contribution is 7.92. The first kappa shape index (κ1) is 24.6. The Morgan fingerprint density at radius 2 is 1.70 bits per heavy atom. The molecule has 8 heteroatoms. The number of carboxylic acids is 1. The second kappa shape index (κ2) is 10.7. The molecule has 0 saturated heterocycles. The monoisotopic (exact) mass is 486 g/mol. The van der Waals surface area contributed by atoms with Gasteiger partial charge in [-0.3, -0.25) is 4.72 Å². The van der Waals surface area contributed by atoms with E-state index >= 15 is 0 Å². The van der Waals surface area contributed by atoms with Crippen molar-refractivity contribution in [3.8, 4) is 0 Å². The Bertz CT molecular complexity index is 1210. The number of hydrogen-bond donors (Lipinski definition) is 3. The number of carbonyl (C=O) groups is 1. The fourth-order valence-corrected chi connectivity index (χ4v) is 5.17. The Hall–Kier alpha value is -3.03. The lowest BCUT2D eigenvalue weighted by Crippen LogP contribution is -2.17. The van der Waals surface area contributed by atoms with Crippen LogP contribution >= 0.6 is 11.6 Å². The summed E-state index contributed by atoms with van der Waals surface area (Å²) in [5, 5.41) is 13.0. The zero-order chi connectivity index (χ0) is 24.0. The van der Waals surface area contributed by atoms with Gasteiger partial charge in [-0.15, -0.1) is 0 Å². The number of aromatic carboxylic acids is 1. The Balaban J connectivity index is 1.96. The number of carboxylic acid groups (broad SMARTS) is 1. The first-order chi connectivity index (χ1) is 15.7. The zero-order valence-corrected chi connectivity index (χ0v) is 20.1. The van der Waals surface area contributed by atoms with E-state index in [0.29, 0.717) is 5.69 Å². The second-order valence-electron chi connectivity index (χ2n) is 7.69. The van der Waals surface area contributed by atoms with E-state index in [4.69, 9.17) is 11.6 Å². The standard InChI is InChI=1S/C25H27ClN2O4S/c1-3-8-22(18-9-6-5-7-10-18)27-23-16-21(26)24(15-20(23)25(29)30)33(31,32)28-19-13-11-17(4-2)12-14-19/h5-7,9-16,22,27-28H,3-4,8H2,1-2H3,(H,29,30). The van der Waals surface area contributed by atoms with E-state index in [0.717, 1.165) is 36.5 Å². The van der Waals surface area contributed by atoms with E-state index in [1.807, 2.05) is 56.3 Å². The predicted molar refractivity (Wildman–Crippen MR) is 133 cm³/mol. The van der Waals surface area contributed by atoms with Crippen molar-refractivity contribution in [3.63, 3.8) is 0 Å². The third-order valence-electron chi connectivity index (χ3n) is 5.32. The highest BCUT2D eigenvalue weighted by Gasteiger charge is 2.24. The van der Waals surface area contributed by atoms with Gasteiger partial charge in [-0.05, 0) is 48.2 Å². The van der Waals surface area contributed by atoms with Gasteiger partial charge in [-0.2, -0.15) is 0 Å². The summed E-state index contributed by atoms with van der Waals surface area (Å²) in [5.74, 6) is -1.25. The van der Waals surface area contributed by atoms with Gasteiger partial charge in [0.05, 0.1) is 22.3 Å². The van der Waals surface area contributed by atoms with E-state index in [-0.39, 0.29) is 27.2 Å². The van der Waals surface area contributed by atoms with Crippen molar-refractivity contribution in [1.82, 2.24) is 0 Å². The van der Waals surface area contributed by atoms with Crippen molar-refractivity contribution < 1.29 is 18.3 Å². The van der Waals surface area contributed by atoms with Gasteiger partial charge in [0.25, 0.3) is 10.0 Å². The average Bonchev–Trinajstić information content (AvgIpc) is 2.79. The van der Waals surface area contributed by atoms with Crippen LogP contribution in [0.3, 0.4) is 0 Å². The van der Waals surface area contributed by atoms with Crippen LogP contribution in [0.4, 0.5) is 11.4 Å². The number of benzene rings is 3. The van der Waals surface area contributed by atoms with Gasteiger partial charge in [0.2, 0.25) is 0 Å². The van der Waals surface area contributed by atoms with Gasteiger partial charge >= 0.3 is 5.97 Å². The zero-order valence-electron chi connectivity index (χ0n) is 18.5. The van der Waals surface area contributed by atoms with Crippen molar-refractivity contribution in [2.75, 3.05) is 10.0 Å². The van der Waals surface area contributed by atoms with Crippen LogP contribution in [0.1, 0.15) is 54.2 Å². The highest BCUT2D eigenvalue weighted by atomic mass is 35.5. The molecule has 3 N–H and O–H groups in total. The molecule has 3 aromatic carbocycles. The van der Waals surface area contributed by atoms with E-state index in [1.165, 1.54) is 6.07 Å². The average molecular weight is 487 g/mol. The van der Waals surface area contributed by atoms with Crippen LogP contribution in [-0.4, -0.2) is 19.5 Å². The molecule has 0 aliphatic carbocycles. The van der Waals surface area contributed by atoms with Gasteiger partial charge < -0.3 is 10.4 Å². The number of hydrogen-bond acceptors (Lipinski definition) is 4. The fourth-order valence-electron chi connectivity index (χ4n) is 3.56. The number of anilines is 2. The molecule has 3 rings (SSSR count). The number of rotatable bonds is 10. The van der Waals surface area contributed by atoms with Crippen LogP contribution < -0.4 is 10.0 Å². The predicted octanol–water partition coefficient (Wildman–Crippen LogP) is 6.35. The van der Waals surface area contributed by atoms with Crippen LogP contribution in [0.15, 0.2) is 71.6 Å². The first-order valence-electron chi connectivity index (χ1n) is 10.7. The maximum atomic E-state index is 13.0. The van der Waals surface area contributed by atoms with Crippen LogP contribution in [0.2, 0.25) is 5.02 Å². The molecule has 0 aromatic heterocycles. The molecule has 33 heavy (non-hydrogen) atoms. The summed E-state index contributed by atoms with van der Waals surface area (Å²) >= 11 is 6.36. The minimum atomic E-state index is -4.10. The minimum Gasteiger partial charge on any atom is -0.478 e. The third-order valence-corrected chi connectivity index (χ3v) is 7.16. The normalized spacial score (nSPS) is 12.2. The van der Waals surface area contributed by atoms with Crippen LogP contribution in [-0.2, 0) is 16.4 Å². The molecule has 1 unspecified atom stereocenters. The lowest BCUT2D eigenvalue weighted by molar-refractivity contribution is 0.0697. The van der Waals surface area contributed by atoms with E-state index in [1.54, 1.807) is 12.1 Å². The van der Waals surface area contributed by atoms with Crippen molar-refractivity contribution in [3.05, 3.63) is 88.4 Å². The summed E-state index contributed by atoms with van der Waals surface area (Å²) in [6.07, 6.45) is 2.46. The van der Waals surface area contributed by atoms with Gasteiger partial charge in [0.1, 0.15) is 4.90 Å². The molecule has 0 amide bonds. The number of halogens is 1. The van der Waals surface area contributed by atoms with E-state index in [2.05, 4.69) is 10.0 Å². The number of nitrogens with one attached hydrogen (secondary N) is 2. The van der Waals surface area contributed by atoms with Crippen molar-refractivity contribution >= 4 is 39.0 Å². The Morgan fingerprint density at radius 1 is 1.03 bits per heavy atom. The van der Waals surface area contributed by atoms with Crippen molar-refractivity contribution in [2.45, 2.75) is 44.0 Å². The molecule has 0 aliphatic rings. The van der Waals surface area contributed by atoms with Crippen LogP contribution in [0.25, 0.3) is 0 Å². The molecular formula is C25H27ClN2O4S. The topological polar surface area (TPSA) is 95.5 Å². The summed E-state index contributed by atoms with van der Waals surface area (Å²) in [4.78, 5) is 11.7. The minimum absolute atomic E-state index is 0.0662. The molecule has 3 aromatic rings. The first-order valence-corrected chi connectivity index (χ1v) is 12.6. The third kappa shape index (κ3) is 6.06. The second-order valence-corrected chi connectivity index (χ2v) is 9.74. The van der Waals surface area contributed by atoms with Gasteiger partial charge in [0.15, 0.2) is 0 Å². The molecule has 174 valence electrons. The molecule has 6 nitrogen and oxygen atoms in total. The summed E-state index contributed by atoms with van der Waals surface area (Å²) in [5.41, 5.74) is 2.54. The van der Waals surface area contributed by atoms with Crippen LogP contribution in [0.5, 0.6) is 0 Å². The lowest BCUT2D eigenvalue weighted by atomic mass is 10.0. The van der Waals surface area contributed by atoms with Gasteiger partial charge in [0, 0.05) is 5.69 Å². The van der Waals surface area contributed by atoms with Crippen molar-refractivity contribution in [1.29, 1.82) is 0 Å². The summed E-state index contributed by atoms with van der Waals surface area (Å²) in [7, 11) is -4.10. The highest BCUT2D eigenvalue weighted by Crippen LogP contribution is 2.33. The molecule has 0 bridgehead atoms. The largest absolute Gasteiger partial charge is 0.478 e. The molecular weight excluding hydrogens is 460 g/mol.